The van der Waals surface area contributed by atoms with Crippen LogP contribution in [0.3, 0.4) is 0 Å². The molecule has 0 saturated carbocycles. The van der Waals surface area contributed by atoms with E-state index in [-0.39, 0.29) is 0 Å². The zero-order valence-electron chi connectivity index (χ0n) is 14.6. The van der Waals surface area contributed by atoms with Gasteiger partial charge in [0.2, 0.25) is 0 Å². The zero-order valence-corrected chi connectivity index (χ0v) is 14.6. The van der Waals surface area contributed by atoms with Crippen molar-refractivity contribution in [3.8, 4) is 16.9 Å². The van der Waals surface area contributed by atoms with Crippen molar-refractivity contribution >= 4 is 32.3 Å². The minimum absolute atomic E-state index is 0.907. The van der Waals surface area contributed by atoms with E-state index in [1.165, 1.54) is 37.9 Å². The van der Waals surface area contributed by atoms with Gasteiger partial charge in [-0.3, -0.25) is 0 Å². The number of hydrogen-bond acceptors (Lipinski definition) is 1. The van der Waals surface area contributed by atoms with Crippen LogP contribution in [-0.2, 0) is 0 Å². The molecule has 5 aromatic rings. The van der Waals surface area contributed by atoms with Crippen molar-refractivity contribution in [3.05, 3.63) is 91.0 Å². The molecular weight excluding hydrogens is 316 g/mol. The molecule has 0 heterocycles. The van der Waals surface area contributed by atoms with Gasteiger partial charge < -0.3 is 4.74 Å². The molecule has 0 spiro atoms. The maximum Gasteiger partial charge on any atom is 0.127 e. The van der Waals surface area contributed by atoms with Crippen LogP contribution in [0.5, 0.6) is 5.75 Å². The molecule has 0 aliphatic heterocycles. The van der Waals surface area contributed by atoms with E-state index in [9.17, 15) is 0 Å². The standard InChI is InChI=1S/C25H18O/c1-26-25-15-19-14-13-18-8-3-5-11-21(18)23(19)16-24(25)22-12-6-9-17-7-2-4-10-20(17)22/h2-16H,1H3. The average molecular weight is 334 g/mol. The highest BCUT2D eigenvalue weighted by molar-refractivity contribution is 6.10. The molecule has 0 saturated heterocycles. The Morgan fingerprint density at radius 3 is 1.96 bits per heavy atom. The molecule has 124 valence electrons. The summed E-state index contributed by atoms with van der Waals surface area (Å²) in [5.74, 6) is 0.907. The zero-order chi connectivity index (χ0) is 17.5. The van der Waals surface area contributed by atoms with Crippen molar-refractivity contribution < 1.29 is 4.74 Å². The number of fused-ring (bicyclic) bond motifs is 4. The van der Waals surface area contributed by atoms with Gasteiger partial charge in [0.15, 0.2) is 0 Å². The van der Waals surface area contributed by atoms with Crippen molar-refractivity contribution in [2.45, 2.75) is 0 Å². The van der Waals surface area contributed by atoms with E-state index >= 15 is 0 Å². The molecule has 0 fully saturated rings. The Kier molecular flexibility index (Phi) is 3.39. The molecule has 0 radical (unpaired) electrons. The molecule has 26 heavy (non-hydrogen) atoms. The summed E-state index contributed by atoms with van der Waals surface area (Å²) in [7, 11) is 1.75. The summed E-state index contributed by atoms with van der Waals surface area (Å²) in [4.78, 5) is 0. The van der Waals surface area contributed by atoms with Gasteiger partial charge >= 0.3 is 0 Å². The lowest BCUT2D eigenvalue weighted by molar-refractivity contribution is 0.417. The van der Waals surface area contributed by atoms with Crippen molar-refractivity contribution in [2.24, 2.45) is 0 Å². The molecule has 0 aliphatic carbocycles. The fourth-order valence-electron chi connectivity index (χ4n) is 3.87. The topological polar surface area (TPSA) is 9.23 Å². The minimum atomic E-state index is 0.907. The molecule has 0 aliphatic rings. The van der Waals surface area contributed by atoms with Crippen LogP contribution >= 0.6 is 0 Å². The molecular formula is C25H18O. The molecule has 0 amide bonds. The molecule has 0 N–H and O–H groups in total. The summed E-state index contributed by atoms with van der Waals surface area (Å²) in [5.41, 5.74) is 2.34. The van der Waals surface area contributed by atoms with Crippen LogP contribution in [0.1, 0.15) is 0 Å². The highest BCUT2D eigenvalue weighted by Crippen LogP contribution is 2.39. The van der Waals surface area contributed by atoms with E-state index in [4.69, 9.17) is 4.74 Å². The summed E-state index contributed by atoms with van der Waals surface area (Å²) in [6, 6.07) is 32.3. The van der Waals surface area contributed by atoms with Crippen molar-refractivity contribution in [2.75, 3.05) is 7.11 Å². The van der Waals surface area contributed by atoms with Crippen LogP contribution in [0.25, 0.3) is 43.4 Å². The number of benzene rings is 5. The smallest absolute Gasteiger partial charge is 0.127 e. The highest BCUT2D eigenvalue weighted by atomic mass is 16.5. The van der Waals surface area contributed by atoms with Gasteiger partial charge in [-0.15, -0.1) is 0 Å². The number of hydrogen-bond donors (Lipinski definition) is 0. The summed E-state index contributed by atoms with van der Waals surface area (Å²) in [6.45, 7) is 0. The first kappa shape index (κ1) is 15.0. The first-order chi connectivity index (χ1) is 12.8. The lowest BCUT2D eigenvalue weighted by atomic mass is 9.93. The quantitative estimate of drug-likeness (QED) is 0.322. The van der Waals surface area contributed by atoms with E-state index in [1.54, 1.807) is 7.11 Å². The highest BCUT2D eigenvalue weighted by Gasteiger charge is 2.12. The van der Waals surface area contributed by atoms with Gasteiger partial charge in [0.1, 0.15) is 5.75 Å². The molecule has 0 bridgehead atoms. The Morgan fingerprint density at radius 2 is 1.15 bits per heavy atom. The van der Waals surface area contributed by atoms with Gasteiger partial charge in [-0.1, -0.05) is 78.9 Å². The van der Waals surface area contributed by atoms with Crippen LogP contribution in [0.15, 0.2) is 91.0 Å². The second-order valence-corrected chi connectivity index (χ2v) is 6.59. The maximum atomic E-state index is 5.77. The second-order valence-electron chi connectivity index (χ2n) is 6.59. The summed E-state index contributed by atoms with van der Waals surface area (Å²) in [5, 5.41) is 7.47. The van der Waals surface area contributed by atoms with Crippen molar-refractivity contribution in [3.63, 3.8) is 0 Å². The van der Waals surface area contributed by atoms with Crippen LogP contribution in [0.2, 0.25) is 0 Å². The fourth-order valence-corrected chi connectivity index (χ4v) is 3.87. The van der Waals surface area contributed by atoms with Gasteiger partial charge in [-0.2, -0.15) is 0 Å². The molecule has 0 aromatic heterocycles. The molecule has 5 aromatic carbocycles. The summed E-state index contributed by atoms with van der Waals surface area (Å²) < 4.78 is 5.77. The van der Waals surface area contributed by atoms with E-state index in [0.717, 1.165) is 11.3 Å². The molecule has 1 heteroatoms. The van der Waals surface area contributed by atoms with Gasteiger partial charge in [-0.05, 0) is 50.0 Å². The molecule has 1 nitrogen and oxygen atoms in total. The Hall–Kier alpha value is -3.32. The van der Waals surface area contributed by atoms with E-state index in [0.29, 0.717) is 0 Å². The number of ether oxygens (including phenoxy) is 1. The Bertz CT molecular complexity index is 1260. The van der Waals surface area contributed by atoms with E-state index in [1.807, 2.05) is 0 Å². The van der Waals surface area contributed by atoms with Crippen molar-refractivity contribution in [1.82, 2.24) is 0 Å². The number of methoxy groups -OCH3 is 1. The SMILES string of the molecule is COc1cc2ccc3ccccc3c2cc1-c1cccc2ccccc12. The Balaban J connectivity index is 1.90. The third-order valence-corrected chi connectivity index (χ3v) is 5.14. The molecule has 0 atom stereocenters. The lowest BCUT2D eigenvalue weighted by Gasteiger charge is -2.14. The van der Waals surface area contributed by atoms with Crippen LogP contribution in [0, 0.1) is 0 Å². The monoisotopic (exact) mass is 334 g/mol. The lowest BCUT2D eigenvalue weighted by Crippen LogP contribution is -1.90. The predicted molar refractivity (Wildman–Crippen MR) is 111 cm³/mol. The van der Waals surface area contributed by atoms with E-state index < -0.39 is 0 Å². The average Bonchev–Trinajstić information content (AvgIpc) is 2.72. The van der Waals surface area contributed by atoms with Gasteiger partial charge in [0.05, 0.1) is 7.11 Å². The third kappa shape index (κ3) is 2.25. The number of rotatable bonds is 2. The summed E-state index contributed by atoms with van der Waals surface area (Å²) in [6.07, 6.45) is 0. The van der Waals surface area contributed by atoms with Gasteiger partial charge in [0, 0.05) is 5.56 Å². The molecule has 5 rings (SSSR count). The predicted octanol–water partition coefficient (Wildman–Crippen LogP) is 6.82. The van der Waals surface area contributed by atoms with Gasteiger partial charge in [0.25, 0.3) is 0 Å². The minimum Gasteiger partial charge on any atom is -0.496 e. The summed E-state index contributed by atoms with van der Waals surface area (Å²) >= 11 is 0. The molecule has 0 unspecified atom stereocenters. The maximum absolute atomic E-state index is 5.77. The van der Waals surface area contributed by atoms with Gasteiger partial charge in [-0.25, -0.2) is 0 Å². The normalized spacial score (nSPS) is 11.3. The van der Waals surface area contributed by atoms with Crippen LogP contribution < -0.4 is 4.74 Å². The van der Waals surface area contributed by atoms with E-state index in [2.05, 4.69) is 91.0 Å². The Labute approximate surface area is 152 Å². The third-order valence-electron chi connectivity index (χ3n) is 5.14. The fraction of sp³-hybridized carbons (Fsp3) is 0.0400. The van der Waals surface area contributed by atoms with Crippen molar-refractivity contribution in [1.29, 1.82) is 0 Å². The first-order valence-electron chi connectivity index (χ1n) is 8.83. The second kappa shape index (κ2) is 5.89. The first-order valence-corrected chi connectivity index (χ1v) is 8.83. The largest absolute Gasteiger partial charge is 0.496 e. The van der Waals surface area contributed by atoms with Crippen LogP contribution in [-0.4, -0.2) is 7.11 Å². The Morgan fingerprint density at radius 1 is 0.500 bits per heavy atom. The van der Waals surface area contributed by atoms with Crippen LogP contribution in [0.4, 0.5) is 0 Å².